The second-order valence-electron chi connectivity index (χ2n) is 14.1. The van der Waals surface area contributed by atoms with Gasteiger partial charge in [-0.25, -0.2) is 0 Å². The van der Waals surface area contributed by atoms with E-state index in [9.17, 15) is 17.6 Å². The van der Waals surface area contributed by atoms with Crippen LogP contribution in [0, 0.1) is 11.8 Å². The zero-order valence-corrected chi connectivity index (χ0v) is 25.6. The van der Waals surface area contributed by atoms with Crippen molar-refractivity contribution in [3.8, 4) is 11.5 Å². The molecule has 0 amide bonds. The average Bonchev–Trinajstić information content (AvgIpc) is 3.02. The van der Waals surface area contributed by atoms with Gasteiger partial charge >= 0.3 is 13.2 Å². The summed E-state index contributed by atoms with van der Waals surface area (Å²) < 4.78 is 83.4. The van der Waals surface area contributed by atoms with Crippen LogP contribution in [-0.2, 0) is 23.7 Å². The number of ether oxygens (including phenoxy) is 2. The van der Waals surface area contributed by atoms with Crippen LogP contribution >= 0.6 is 0 Å². The number of nitrogens with zero attached hydrogens (tertiary/aromatic N) is 2. The van der Waals surface area contributed by atoms with E-state index in [0.717, 1.165) is 62.6 Å². The third kappa shape index (κ3) is 5.12. The van der Waals surface area contributed by atoms with E-state index in [1.165, 1.54) is 36.8 Å². The summed E-state index contributed by atoms with van der Waals surface area (Å²) in [5, 5.41) is 0. The Labute approximate surface area is 263 Å². The van der Waals surface area contributed by atoms with E-state index in [1.807, 2.05) is 18.2 Å². The zero-order valence-electron chi connectivity index (χ0n) is 28.6. The highest BCUT2D eigenvalue weighted by Gasteiger charge is 2.54. The molecule has 8 heteroatoms. The van der Waals surface area contributed by atoms with Gasteiger partial charge in [-0.05, 0) is 137 Å². The summed E-state index contributed by atoms with van der Waals surface area (Å²) in [6.07, 6.45) is 12.9. The predicted octanol–water partition coefficient (Wildman–Crippen LogP) is 7.95. The quantitative estimate of drug-likeness (QED) is 0.325. The molecule has 4 bridgehead atoms. The van der Waals surface area contributed by atoms with Crippen molar-refractivity contribution in [2.75, 3.05) is 27.1 Å². The largest absolute Gasteiger partial charge is 0.435 e. The molecule has 4 nitrogen and oxygen atoms in total. The van der Waals surface area contributed by atoms with Gasteiger partial charge in [-0.1, -0.05) is 37.8 Å². The van der Waals surface area contributed by atoms with Crippen LogP contribution in [0.1, 0.15) is 90.6 Å². The molecule has 0 spiro atoms. The Kier molecular flexibility index (Phi) is 7.20. The highest BCUT2D eigenvalue weighted by atomic mass is 19.3. The van der Waals surface area contributed by atoms with Gasteiger partial charge in [0.15, 0.2) is 0 Å². The fraction of sp³-hybridized carbons (Fsp3) is 0.667. The molecule has 2 saturated heterocycles. The lowest BCUT2D eigenvalue weighted by Crippen LogP contribution is -2.59. The molecule has 0 aromatic heterocycles. The molecule has 2 unspecified atom stereocenters. The maximum atomic E-state index is 12.6. The summed E-state index contributed by atoms with van der Waals surface area (Å²) in [5.41, 5.74) is 4.98. The molecule has 2 aromatic rings. The number of likely N-dealkylation sites (N-methyl/N-ethyl adjacent to an activating group) is 2. The van der Waals surface area contributed by atoms with Crippen molar-refractivity contribution >= 4 is 0 Å². The SMILES string of the molecule is CN1CC[C@@]23CCCC[C@@H]2C1Cc1ccc(OC(F)F)cc13.[2H]C([2H])([2H])N1CC[C@@]23CCCC[C@@H]2C1Cc1ccc(OC(F)F)cc13. The van der Waals surface area contributed by atoms with Gasteiger partial charge in [-0.3, -0.25) is 0 Å². The summed E-state index contributed by atoms with van der Waals surface area (Å²) in [5.74, 6) is 1.49. The number of hydrogen-bond donors (Lipinski definition) is 0. The van der Waals surface area contributed by atoms with Gasteiger partial charge in [0.05, 0.1) is 0 Å². The second-order valence-corrected chi connectivity index (χ2v) is 14.1. The Morgan fingerprint density at radius 2 is 1.18 bits per heavy atom. The molecule has 240 valence electrons. The topological polar surface area (TPSA) is 24.9 Å². The van der Waals surface area contributed by atoms with E-state index in [2.05, 4.69) is 21.4 Å². The third-order valence-corrected chi connectivity index (χ3v) is 12.3. The summed E-state index contributed by atoms with van der Waals surface area (Å²) in [7, 11) is 2.24. The highest BCUT2D eigenvalue weighted by Crippen LogP contribution is 2.57. The number of fused-ring (bicyclic) bond motifs is 2. The smallest absolute Gasteiger partial charge is 0.387 e. The van der Waals surface area contributed by atoms with Crippen molar-refractivity contribution in [1.82, 2.24) is 9.80 Å². The Morgan fingerprint density at radius 1 is 0.705 bits per heavy atom. The van der Waals surface area contributed by atoms with E-state index < -0.39 is 20.2 Å². The molecule has 2 aliphatic heterocycles. The summed E-state index contributed by atoms with van der Waals surface area (Å²) >= 11 is 0. The number of piperidine rings is 2. The van der Waals surface area contributed by atoms with E-state index in [-0.39, 0.29) is 28.5 Å². The minimum atomic E-state index is -2.83. The van der Waals surface area contributed by atoms with Crippen molar-refractivity contribution in [3.05, 3.63) is 58.7 Å². The van der Waals surface area contributed by atoms with Crippen LogP contribution in [0.25, 0.3) is 0 Å². The molecule has 2 heterocycles. The molecule has 44 heavy (non-hydrogen) atoms. The van der Waals surface area contributed by atoms with Crippen LogP contribution in [0.3, 0.4) is 0 Å². The van der Waals surface area contributed by atoms with Crippen LogP contribution < -0.4 is 9.47 Å². The fourth-order valence-corrected chi connectivity index (χ4v) is 10.5. The molecular formula is C36H46F4N2O2. The fourth-order valence-electron chi connectivity index (χ4n) is 10.5. The lowest BCUT2D eigenvalue weighted by atomic mass is 9.52. The van der Waals surface area contributed by atoms with Crippen LogP contribution in [0.15, 0.2) is 36.4 Å². The van der Waals surface area contributed by atoms with Gasteiger partial charge in [0.25, 0.3) is 0 Å². The van der Waals surface area contributed by atoms with Crippen molar-refractivity contribution in [2.45, 2.75) is 113 Å². The van der Waals surface area contributed by atoms with Crippen LogP contribution in [0.5, 0.6) is 11.5 Å². The van der Waals surface area contributed by atoms with E-state index in [4.69, 9.17) is 4.11 Å². The van der Waals surface area contributed by atoms with Gasteiger partial charge in [0.1, 0.15) is 11.5 Å². The maximum absolute atomic E-state index is 12.6. The Balaban J connectivity index is 0.000000151. The van der Waals surface area contributed by atoms with Gasteiger partial charge in [0.2, 0.25) is 0 Å². The van der Waals surface area contributed by atoms with Crippen molar-refractivity contribution in [1.29, 1.82) is 0 Å². The number of rotatable bonds is 4. The van der Waals surface area contributed by atoms with E-state index in [1.54, 1.807) is 23.1 Å². The van der Waals surface area contributed by atoms with Crippen molar-refractivity contribution in [2.24, 2.45) is 11.8 Å². The number of benzene rings is 2. The minimum absolute atomic E-state index is 0.0101. The molecule has 0 N–H and O–H groups in total. The number of alkyl halides is 4. The monoisotopic (exact) mass is 617 g/mol. The summed E-state index contributed by atoms with van der Waals surface area (Å²) in [6, 6.07) is 11.5. The second kappa shape index (κ2) is 11.8. The maximum Gasteiger partial charge on any atom is 0.387 e. The number of halogens is 4. The summed E-state index contributed by atoms with van der Waals surface area (Å²) in [4.78, 5) is 4.22. The standard InChI is InChI=1S/2C18H23F2NO/c2*1-21-9-8-18-7-3-2-4-14(18)16(21)10-12-5-6-13(11-15(12)18)22-17(19)20/h2*5-6,11,14,16-17H,2-4,7-10H2,1H3/t2*14-,16?,18+/m11/s1/i1D3;. The molecule has 6 atom stereocenters. The van der Waals surface area contributed by atoms with Crippen LogP contribution in [-0.4, -0.2) is 62.2 Å². The molecule has 8 rings (SSSR count). The number of hydrogen-bond acceptors (Lipinski definition) is 4. The van der Waals surface area contributed by atoms with Gasteiger partial charge in [-0.2, -0.15) is 17.6 Å². The normalized spacial score (nSPS) is 35.5. The Hall–Kier alpha value is -2.32. The lowest BCUT2D eigenvalue weighted by Gasteiger charge is -2.58. The predicted molar refractivity (Wildman–Crippen MR) is 163 cm³/mol. The first-order valence-corrected chi connectivity index (χ1v) is 16.5. The number of likely N-dealkylation sites (tertiary alicyclic amines) is 2. The van der Waals surface area contributed by atoms with Crippen LogP contribution in [0.2, 0.25) is 0 Å². The van der Waals surface area contributed by atoms with Gasteiger partial charge in [-0.15, -0.1) is 0 Å². The van der Waals surface area contributed by atoms with Crippen LogP contribution in [0.4, 0.5) is 17.6 Å². The molecule has 0 radical (unpaired) electrons. The zero-order chi connectivity index (χ0) is 33.1. The first-order chi connectivity index (χ1) is 22.4. The lowest BCUT2D eigenvalue weighted by molar-refractivity contribution is -0.0510. The molecular weight excluding hydrogens is 568 g/mol. The first-order valence-electron chi connectivity index (χ1n) is 18.0. The molecule has 4 fully saturated rings. The molecule has 2 aromatic carbocycles. The minimum Gasteiger partial charge on any atom is -0.435 e. The molecule has 6 aliphatic rings. The van der Waals surface area contributed by atoms with E-state index in [0.29, 0.717) is 30.7 Å². The molecule has 2 saturated carbocycles. The van der Waals surface area contributed by atoms with Crippen molar-refractivity contribution < 1.29 is 31.1 Å². The first kappa shape index (κ1) is 26.9. The van der Waals surface area contributed by atoms with Crippen molar-refractivity contribution in [3.63, 3.8) is 0 Å². The summed E-state index contributed by atoms with van der Waals surface area (Å²) in [6.45, 7) is -6.00. The Bertz CT molecular complexity index is 1460. The third-order valence-electron chi connectivity index (χ3n) is 12.3. The molecule has 4 aliphatic carbocycles. The Morgan fingerprint density at radius 3 is 1.66 bits per heavy atom. The van der Waals surface area contributed by atoms with Gasteiger partial charge in [0, 0.05) is 27.0 Å². The van der Waals surface area contributed by atoms with Gasteiger partial charge < -0.3 is 19.3 Å². The van der Waals surface area contributed by atoms with E-state index >= 15 is 0 Å². The average molecular weight is 618 g/mol. The highest BCUT2D eigenvalue weighted by molar-refractivity contribution is 5.47.